The Morgan fingerprint density at radius 2 is 1.86 bits per heavy atom. The zero-order chi connectivity index (χ0) is 19.7. The van der Waals surface area contributed by atoms with E-state index in [4.69, 9.17) is 5.11 Å². The van der Waals surface area contributed by atoms with E-state index >= 15 is 0 Å². The number of carboxylic acid groups (broad SMARTS) is 1. The topological polar surface area (TPSA) is 86.3 Å². The van der Waals surface area contributed by atoms with Gasteiger partial charge in [-0.3, -0.25) is 4.79 Å². The number of carboxylic acids is 1. The second-order valence-electron chi connectivity index (χ2n) is 7.22. The number of fused-ring (bicyclic) bond motifs is 1. The third-order valence-electron chi connectivity index (χ3n) is 5.62. The normalized spacial score (nSPS) is 15.1. The van der Waals surface area contributed by atoms with Gasteiger partial charge in [0, 0.05) is 30.2 Å². The number of carbonyl (C=O) groups excluding carboxylic acids is 1. The fourth-order valence-corrected chi connectivity index (χ4v) is 4.10. The molecule has 28 heavy (non-hydrogen) atoms. The van der Waals surface area contributed by atoms with E-state index in [1.54, 1.807) is 17.0 Å². The van der Waals surface area contributed by atoms with Crippen LogP contribution in [-0.4, -0.2) is 44.9 Å². The van der Waals surface area contributed by atoms with Gasteiger partial charge in [0.05, 0.1) is 0 Å². The maximum Gasteiger partial charge on any atom is 0.354 e. The summed E-state index contributed by atoms with van der Waals surface area (Å²) in [7, 11) is 0. The van der Waals surface area contributed by atoms with Crippen molar-refractivity contribution in [1.29, 1.82) is 0 Å². The molecule has 0 spiro atoms. The Bertz CT molecular complexity index is 1030. The molecule has 1 aromatic carbocycles. The molecule has 2 N–H and O–H groups in total. The molecule has 0 saturated carbocycles. The lowest BCUT2D eigenvalue weighted by atomic mass is 9.88. The molecule has 1 amide bonds. The Hall–Kier alpha value is -3.15. The standard InChI is InChI=1S/C22H23N3O3/c1-2-14-5-3-6-16-17(13-23-20(14)16)15-9-11-25(12-10-15)21(26)18-7-4-8-19(24-18)22(27)28/h3-8,13,15,23H,2,9-12H2,1H3,(H,27,28). The molecule has 1 fully saturated rings. The van der Waals surface area contributed by atoms with Crippen LogP contribution < -0.4 is 0 Å². The molecule has 0 aliphatic carbocycles. The van der Waals surface area contributed by atoms with E-state index in [1.165, 1.54) is 28.1 Å². The fourth-order valence-electron chi connectivity index (χ4n) is 4.10. The number of amides is 1. The van der Waals surface area contributed by atoms with Gasteiger partial charge in [0.25, 0.3) is 5.91 Å². The van der Waals surface area contributed by atoms with Crippen LogP contribution in [0.4, 0.5) is 0 Å². The van der Waals surface area contributed by atoms with E-state index in [2.05, 4.69) is 41.3 Å². The van der Waals surface area contributed by atoms with Crippen LogP contribution in [0.2, 0.25) is 0 Å². The van der Waals surface area contributed by atoms with Gasteiger partial charge in [-0.25, -0.2) is 9.78 Å². The van der Waals surface area contributed by atoms with Crippen LogP contribution in [0.25, 0.3) is 10.9 Å². The summed E-state index contributed by atoms with van der Waals surface area (Å²) in [5.74, 6) is -0.920. The van der Waals surface area contributed by atoms with Crippen LogP contribution in [0.1, 0.15) is 57.8 Å². The van der Waals surface area contributed by atoms with E-state index in [0.29, 0.717) is 19.0 Å². The molecular formula is C22H23N3O3. The lowest BCUT2D eigenvalue weighted by Gasteiger charge is -2.31. The van der Waals surface area contributed by atoms with Gasteiger partial charge in [0.2, 0.25) is 0 Å². The number of aromatic nitrogens is 2. The number of aromatic amines is 1. The number of hydrogen-bond donors (Lipinski definition) is 2. The van der Waals surface area contributed by atoms with Crippen molar-refractivity contribution < 1.29 is 14.7 Å². The van der Waals surface area contributed by atoms with Gasteiger partial charge in [0.15, 0.2) is 0 Å². The fraction of sp³-hybridized carbons (Fsp3) is 0.318. The number of carbonyl (C=O) groups is 2. The molecule has 0 atom stereocenters. The van der Waals surface area contributed by atoms with Crippen molar-refractivity contribution in [2.75, 3.05) is 13.1 Å². The molecule has 3 aromatic rings. The molecule has 2 aromatic heterocycles. The van der Waals surface area contributed by atoms with Crippen LogP contribution >= 0.6 is 0 Å². The maximum absolute atomic E-state index is 12.7. The Morgan fingerprint density at radius 3 is 2.57 bits per heavy atom. The molecule has 1 aliphatic rings. The number of rotatable bonds is 4. The first kappa shape index (κ1) is 18.2. The minimum Gasteiger partial charge on any atom is -0.477 e. The SMILES string of the molecule is CCc1cccc2c(C3CCN(C(=O)c4cccc(C(=O)O)n4)CC3)c[nH]c12. The van der Waals surface area contributed by atoms with Gasteiger partial charge in [-0.05, 0) is 48.4 Å². The molecule has 3 heterocycles. The summed E-state index contributed by atoms with van der Waals surface area (Å²) in [6.45, 7) is 3.44. The number of benzene rings is 1. The minimum atomic E-state index is -1.13. The second-order valence-corrected chi connectivity index (χ2v) is 7.22. The molecule has 6 nitrogen and oxygen atoms in total. The van der Waals surface area contributed by atoms with Crippen LogP contribution in [0.3, 0.4) is 0 Å². The number of aromatic carboxylic acids is 1. The quantitative estimate of drug-likeness (QED) is 0.723. The highest BCUT2D eigenvalue weighted by molar-refractivity contribution is 5.94. The number of hydrogen-bond acceptors (Lipinski definition) is 3. The van der Waals surface area contributed by atoms with Crippen LogP contribution in [0.15, 0.2) is 42.6 Å². The van der Waals surface area contributed by atoms with Gasteiger partial charge in [-0.15, -0.1) is 0 Å². The zero-order valence-electron chi connectivity index (χ0n) is 15.8. The number of likely N-dealkylation sites (tertiary alicyclic amines) is 1. The molecule has 1 saturated heterocycles. The number of para-hydroxylation sites is 1. The second kappa shape index (κ2) is 7.46. The van der Waals surface area contributed by atoms with E-state index in [0.717, 1.165) is 19.3 Å². The van der Waals surface area contributed by atoms with E-state index in [-0.39, 0.29) is 17.3 Å². The van der Waals surface area contributed by atoms with Crippen molar-refractivity contribution in [2.45, 2.75) is 32.1 Å². The van der Waals surface area contributed by atoms with Crippen LogP contribution in [-0.2, 0) is 6.42 Å². The summed E-state index contributed by atoms with van der Waals surface area (Å²) in [5.41, 5.74) is 3.95. The lowest BCUT2D eigenvalue weighted by molar-refractivity contribution is 0.0688. The Balaban J connectivity index is 1.49. The first-order valence-electron chi connectivity index (χ1n) is 9.67. The molecule has 1 aliphatic heterocycles. The van der Waals surface area contributed by atoms with Gasteiger partial charge >= 0.3 is 5.97 Å². The van der Waals surface area contributed by atoms with Crippen molar-refractivity contribution in [1.82, 2.24) is 14.9 Å². The monoisotopic (exact) mass is 377 g/mol. The summed E-state index contributed by atoms with van der Waals surface area (Å²) >= 11 is 0. The smallest absolute Gasteiger partial charge is 0.354 e. The molecule has 144 valence electrons. The number of piperidine rings is 1. The lowest BCUT2D eigenvalue weighted by Crippen LogP contribution is -2.38. The average molecular weight is 377 g/mol. The highest BCUT2D eigenvalue weighted by atomic mass is 16.4. The number of nitrogens with zero attached hydrogens (tertiary/aromatic N) is 2. The van der Waals surface area contributed by atoms with Gasteiger partial charge in [-0.1, -0.05) is 31.2 Å². The largest absolute Gasteiger partial charge is 0.477 e. The number of H-pyrrole nitrogens is 1. The van der Waals surface area contributed by atoms with Gasteiger partial charge < -0.3 is 15.0 Å². The molecular weight excluding hydrogens is 354 g/mol. The summed E-state index contributed by atoms with van der Waals surface area (Å²) in [6.07, 6.45) is 4.87. The summed E-state index contributed by atoms with van der Waals surface area (Å²) in [4.78, 5) is 33.0. The first-order chi connectivity index (χ1) is 13.6. The zero-order valence-corrected chi connectivity index (χ0v) is 15.8. The van der Waals surface area contributed by atoms with Crippen LogP contribution in [0.5, 0.6) is 0 Å². The highest BCUT2D eigenvalue weighted by Gasteiger charge is 2.27. The van der Waals surface area contributed by atoms with E-state index in [1.807, 2.05) is 0 Å². The number of nitrogens with one attached hydrogen (secondary N) is 1. The Labute approximate surface area is 163 Å². The predicted molar refractivity (Wildman–Crippen MR) is 107 cm³/mol. The Morgan fingerprint density at radius 1 is 1.14 bits per heavy atom. The third-order valence-corrected chi connectivity index (χ3v) is 5.62. The third kappa shape index (κ3) is 3.26. The van der Waals surface area contributed by atoms with Gasteiger partial charge in [0.1, 0.15) is 11.4 Å². The van der Waals surface area contributed by atoms with Crippen molar-refractivity contribution in [3.05, 3.63) is 65.1 Å². The van der Waals surface area contributed by atoms with Crippen molar-refractivity contribution in [3.8, 4) is 0 Å². The van der Waals surface area contributed by atoms with E-state index in [9.17, 15) is 9.59 Å². The minimum absolute atomic E-state index is 0.105. The van der Waals surface area contributed by atoms with Crippen molar-refractivity contribution in [3.63, 3.8) is 0 Å². The molecule has 0 bridgehead atoms. The number of pyridine rings is 1. The molecule has 0 unspecified atom stereocenters. The highest BCUT2D eigenvalue weighted by Crippen LogP contribution is 2.34. The predicted octanol–water partition coefficient (Wildman–Crippen LogP) is 3.84. The average Bonchev–Trinajstić information content (AvgIpc) is 3.17. The van der Waals surface area contributed by atoms with Gasteiger partial charge in [-0.2, -0.15) is 0 Å². The first-order valence-corrected chi connectivity index (χ1v) is 9.67. The molecule has 4 rings (SSSR count). The molecule has 6 heteroatoms. The van der Waals surface area contributed by atoms with E-state index < -0.39 is 5.97 Å². The Kier molecular flexibility index (Phi) is 4.86. The molecule has 0 radical (unpaired) electrons. The summed E-state index contributed by atoms with van der Waals surface area (Å²) in [6, 6.07) is 11.0. The number of aryl methyl sites for hydroxylation is 1. The maximum atomic E-state index is 12.7. The van der Waals surface area contributed by atoms with Crippen molar-refractivity contribution >= 4 is 22.8 Å². The van der Waals surface area contributed by atoms with Crippen molar-refractivity contribution in [2.24, 2.45) is 0 Å². The summed E-state index contributed by atoms with van der Waals surface area (Å²) in [5, 5.41) is 10.4. The summed E-state index contributed by atoms with van der Waals surface area (Å²) < 4.78 is 0. The van der Waals surface area contributed by atoms with Crippen LogP contribution in [0, 0.1) is 0 Å².